The molecule has 19 heavy (non-hydrogen) atoms. The van der Waals surface area contributed by atoms with Crippen molar-refractivity contribution in [3.05, 3.63) is 12.2 Å². The third-order valence-corrected chi connectivity index (χ3v) is 4.48. The Bertz CT molecular complexity index is 392. The Morgan fingerprint density at radius 1 is 1.47 bits per heavy atom. The highest BCUT2D eigenvalue weighted by atomic mass is 32.2. The molecule has 1 unspecified atom stereocenters. The standard InChI is InChI=1S/C14H21NO3S/c1-9-6-13(18)14(7-9)19-8-11(15)12(17)5-3-4-10(2)16/h11,14H,1,3-8,15H2,2H3/t11-,14?/m0/s1. The normalized spacial score (nSPS) is 20.6. The highest BCUT2D eigenvalue weighted by Crippen LogP contribution is 2.30. The van der Waals surface area contributed by atoms with Gasteiger partial charge in [0.05, 0.1) is 11.3 Å². The number of rotatable bonds is 8. The van der Waals surface area contributed by atoms with Crippen molar-refractivity contribution in [3.63, 3.8) is 0 Å². The Labute approximate surface area is 118 Å². The van der Waals surface area contributed by atoms with E-state index in [2.05, 4.69) is 6.58 Å². The van der Waals surface area contributed by atoms with E-state index in [1.807, 2.05) is 0 Å². The van der Waals surface area contributed by atoms with Crippen LogP contribution >= 0.6 is 11.8 Å². The number of ketones is 3. The van der Waals surface area contributed by atoms with E-state index >= 15 is 0 Å². The second-order valence-corrected chi connectivity index (χ2v) is 6.28. The number of carbonyl (C=O) groups is 3. The molecule has 1 rings (SSSR count). The third-order valence-electron chi connectivity index (χ3n) is 3.10. The fraction of sp³-hybridized carbons (Fsp3) is 0.643. The van der Waals surface area contributed by atoms with E-state index < -0.39 is 6.04 Å². The number of carbonyl (C=O) groups excluding carboxylic acids is 3. The quantitative estimate of drug-likeness (QED) is 0.686. The van der Waals surface area contributed by atoms with Gasteiger partial charge in [0.1, 0.15) is 17.3 Å². The number of thioether (sulfide) groups is 1. The molecule has 1 saturated carbocycles. The molecule has 0 bridgehead atoms. The van der Waals surface area contributed by atoms with Crippen LogP contribution < -0.4 is 5.73 Å². The molecule has 0 aromatic carbocycles. The summed E-state index contributed by atoms with van der Waals surface area (Å²) in [5, 5.41) is -0.0800. The third kappa shape index (κ3) is 5.70. The van der Waals surface area contributed by atoms with E-state index in [9.17, 15) is 14.4 Å². The minimum Gasteiger partial charge on any atom is -0.321 e. The van der Waals surface area contributed by atoms with Crippen molar-refractivity contribution in [3.8, 4) is 0 Å². The molecule has 1 aliphatic carbocycles. The van der Waals surface area contributed by atoms with Crippen molar-refractivity contribution < 1.29 is 14.4 Å². The molecule has 5 heteroatoms. The number of allylic oxidation sites excluding steroid dienone is 1. The predicted molar refractivity (Wildman–Crippen MR) is 77.1 cm³/mol. The zero-order chi connectivity index (χ0) is 14.4. The van der Waals surface area contributed by atoms with Crippen LogP contribution in [-0.4, -0.2) is 34.4 Å². The topological polar surface area (TPSA) is 77.2 Å². The molecular formula is C14H21NO3S. The van der Waals surface area contributed by atoms with Crippen molar-refractivity contribution in [1.82, 2.24) is 0 Å². The molecule has 106 valence electrons. The first-order valence-electron chi connectivity index (χ1n) is 6.49. The van der Waals surface area contributed by atoms with Crippen LogP contribution in [0.4, 0.5) is 0 Å². The Balaban J connectivity index is 2.24. The smallest absolute Gasteiger partial charge is 0.150 e. The minimum atomic E-state index is -0.543. The first-order valence-corrected chi connectivity index (χ1v) is 7.53. The SMILES string of the molecule is C=C1CC(=O)C(SC[C@H](N)C(=O)CCCC(C)=O)C1. The predicted octanol–water partition coefficient (Wildman–Crippen LogP) is 1.66. The highest BCUT2D eigenvalue weighted by Gasteiger charge is 2.28. The maximum atomic E-state index is 11.7. The lowest BCUT2D eigenvalue weighted by Gasteiger charge is -2.12. The van der Waals surface area contributed by atoms with Crippen LogP contribution in [0.5, 0.6) is 0 Å². The van der Waals surface area contributed by atoms with Crippen LogP contribution in [0.3, 0.4) is 0 Å². The highest BCUT2D eigenvalue weighted by molar-refractivity contribution is 8.00. The minimum absolute atomic E-state index is 0.0296. The van der Waals surface area contributed by atoms with Crippen LogP contribution in [0, 0.1) is 0 Å². The van der Waals surface area contributed by atoms with Gasteiger partial charge in [-0.1, -0.05) is 12.2 Å². The van der Waals surface area contributed by atoms with Gasteiger partial charge in [-0.05, 0) is 19.8 Å². The van der Waals surface area contributed by atoms with Crippen molar-refractivity contribution in [1.29, 1.82) is 0 Å². The van der Waals surface area contributed by atoms with E-state index in [0.717, 1.165) is 5.57 Å². The summed E-state index contributed by atoms with van der Waals surface area (Å²) in [6.45, 7) is 5.32. The molecule has 0 aromatic rings. The summed E-state index contributed by atoms with van der Waals surface area (Å²) in [4.78, 5) is 34.1. The molecule has 0 spiro atoms. The fourth-order valence-electron chi connectivity index (χ4n) is 1.97. The lowest BCUT2D eigenvalue weighted by Crippen LogP contribution is -2.33. The van der Waals surface area contributed by atoms with Crippen LogP contribution in [-0.2, 0) is 14.4 Å². The van der Waals surface area contributed by atoms with Gasteiger partial charge in [-0.3, -0.25) is 9.59 Å². The van der Waals surface area contributed by atoms with Crippen LogP contribution in [0.2, 0.25) is 0 Å². The van der Waals surface area contributed by atoms with E-state index in [1.165, 1.54) is 18.7 Å². The number of hydrogen-bond donors (Lipinski definition) is 1. The average molecular weight is 283 g/mol. The van der Waals surface area contributed by atoms with Crippen molar-refractivity contribution in [2.45, 2.75) is 50.3 Å². The van der Waals surface area contributed by atoms with Crippen molar-refractivity contribution >= 4 is 29.1 Å². The monoisotopic (exact) mass is 283 g/mol. The lowest BCUT2D eigenvalue weighted by atomic mass is 10.1. The Kier molecular flexibility index (Phi) is 6.45. The van der Waals surface area contributed by atoms with Gasteiger partial charge < -0.3 is 10.5 Å². The number of Topliss-reactive ketones (excluding diaryl/α,β-unsaturated/α-hetero) is 3. The van der Waals surface area contributed by atoms with E-state index in [-0.39, 0.29) is 22.6 Å². The summed E-state index contributed by atoms with van der Waals surface area (Å²) in [6.07, 6.45) is 2.49. The van der Waals surface area contributed by atoms with Gasteiger partial charge in [0.15, 0.2) is 0 Å². The first-order chi connectivity index (χ1) is 8.90. The maximum Gasteiger partial charge on any atom is 0.150 e. The van der Waals surface area contributed by atoms with Gasteiger partial charge in [-0.2, -0.15) is 0 Å². The molecule has 2 atom stereocenters. The summed E-state index contributed by atoms with van der Waals surface area (Å²) in [7, 11) is 0. The van der Waals surface area contributed by atoms with Crippen LogP contribution in [0.1, 0.15) is 39.0 Å². The Morgan fingerprint density at radius 3 is 2.68 bits per heavy atom. The van der Waals surface area contributed by atoms with E-state index in [0.29, 0.717) is 37.9 Å². The second kappa shape index (κ2) is 7.60. The molecule has 1 fully saturated rings. The molecular weight excluding hydrogens is 262 g/mol. The first kappa shape index (κ1) is 16.1. The maximum absolute atomic E-state index is 11.7. The van der Waals surface area contributed by atoms with Gasteiger partial charge >= 0.3 is 0 Å². The number of hydrogen-bond acceptors (Lipinski definition) is 5. The molecule has 0 saturated heterocycles. The largest absolute Gasteiger partial charge is 0.321 e. The van der Waals surface area contributed by atoms with E-state index in [1.54, 1.807) is 0 Å². The van der Waals surface area contributed by atoms with Crippen molar-refractivity contribution in [2.75, 3.05) is 5.75 Å². The Hall–Kier alpha value is -0.940. The molecule has 1 aliphatic rings. The number of nitrogens with two attached hydrogens (primary N) is 1. The van der Waals surface area contributed by atoms with Gasteiger partial charge in [-0.25, -0.2) is 0 Å². The summed E-state index contributed by atoms with van der Waals surface area (Å²) >= 11 is 1.45. The van der Waals surface area contributed by atoms with Gasteiger partial charge in [0.25, 0.3) is 0 Å². The van der Waals surface area contributed by atoms with E-state index in [4.69, 9.17) is 5.73 Å². The average Bonchev–Trinajstić information content (AvgIpc) is 2.64. The molecule has 0 aromatic heterocycles. The lowest BCUT2D eigenvalue weighted by molar-refractivity contribution is -0.120. The van der Waals surface area contributed by atoms with Gasteiger partial charge in [-0.15, -0.1) is 11.8 Å². The summed E-state index contributed by atoms with van der Waals surface area (Å²) in [5.74, 6) is 0.706. The van der Waals surface area contributed by atoms with Crippen molar-refractivity contribution in [2.24, 2.45) is 5.73 Å². The summed E-state index contributed by atoms with van der Waals surface area (Å²) in [5.41, 5.74) is 6.77. The van der Waals surface area contributed by atoms with Crippen LogP contribution in [0.25, 0.3) is 0 Å². The molecule has 2 N–H and O–H groups in total. The zero-order valence-corrected chi connectivity index (χ0v) is 12.1. The molecule has 0 amide bonds. The fourth-order valence-corrected chi connectivity index (χ4v) is 3.22. The van der Waals surface area contributed by atoms with Gasteiger partial charge in [0.2, 0.25) is 0 Å². The van der Waals surface area contributed by atoms with Crippen LogP contribution in [0.15, 0.2) is 12.2 Å². The summed E-state index contributed by atoms with van der Waals surface area (Å²) < 4.78 is 0. The molecule has 0 heterocycles. The molecule has 4 nitrogen and oxygen atoms in total. The van der Waals surface area contributed by atoms with Gasteiger partial charge in [0, 0.05) is 25.0 Å². The zero-order valence-electron chi connectivity index (χ0n) is 11.3. The molecule has 0 radical (unpaired) electrons. The summed E-state index contributed by atoms with van der Waals surface area (Å²) in [6, 6.07) is -0.543. The second-order valence-electron chi connectivity index (χ2n) is 5.05. The molecule has 0 aliphatic heterocycles. The Morgan fingerprint density at radius 2 is 2.16 bits per heavy atom.